The average Bonchev–Trinajstić information content (AvgIpc) is 2.14. The van der Waals surface area contributed by atoms with Gasteiger partial charge in [0.25, 0.3) is 5.91 Å². The van der Waals surface area contributed by atoms with Crippen LogP contribution in [0, 0.1) is 0 Å². The van der Waals surface area contributed by atoms with Crippen LogP contribution in [0.1, 0.15) is 33.6 Å². The van der Waals surface area contributed by atoms with Crippen LogP contribution in [0.4, 0.5) is 0 Å². The van der Waals surface area contributed by atoms with Crippen molar-refractivity contribution >= 4 is 11.9 Å². The van der Waals surface area contributed by atoms with Crippen molar-refractivity contribution in [1.82, 2.24) is 0 Å². The van der Waals surface area contributed by atoms with Gasteiger partial charge in [0.15, 0.2) is 6.61 Å². The first-order chi connectivity index (χ1) is 7.41. The normalized spacial score (nSPS) is 10.8. The maximum absolute atomic E-state index is 11.1. The Balaban J connectivity index is 3.97. The Labute approximate surface area is 96.2 Å². The lowest BCUT2D eigenvalue weighted by Gasteiger charge is -2.00. The standard InChI is InChI=1S/C12H19NO3/c1-9(2)5-4-6-10(3)7-12(15)16-8-11(13)14/h5,7H,4,6,8H2,1-3H3,(H2,13,14). The number of hydrogen-bond donors (Lipinski definition) is 1. The average molecular weight is 225 g/mol. The van der Waals surface area contributed by atoms with Crippen LogP contribution in [0.5, 0.6) is 0 Å². The Hall–Kier alpha value is -1.58. The summed E-state index contributed by atoms with van der Waals surface area (Å²) < 4.78 is 4.60. The molecule has 0 atom stereocenters. The van der Waals surface area contributed by atoms with Crippen molar-refractivity contribution in [1.29, 1.82) is 0 Å². The smallest absolute Gasteiger partial charge is 0.331 e. The van der Waals surface area contributed by atoms with E-state index in [2.05, 4.69) is 10.8 Å². The molecule has 0 aromatic heterocycles. The van der Waals surface area contributed by atoms with E-state index in [4.69, 9.17) is 5.73 Å². The molecule has 0 bridgehead atoms. The van der Waals surface area contributed by atoms with Gasteiger partial charge in [0.1, 0.15) is 0 Å². The minimum atomic E-state index is -0.649. The lowest BCUT2D eigenvalue weighted by molar-refractivity contribution is -0.142. The van der Waals surface area contributed by atoms with Gasteiger partial charge in [-0.25, -0.2) is 4.79 Å². The van der Waals surface area contributed by atoms with Crippen LogP contribution in [0.2, 0.25) is 0 Å². The van der Waals surface area contributed by atoms with Crippen LogP contribution in [-0.4, -0.2) is 18.5 Å². The molecule has 0 aromatic carbocycles. The highest BCUT2D eigenvalue weighted by Crippen LogP contribution is 2.06. The molecular weight excluding hydrogens is 206 g/mol. The molecular formula is C12H19NO3. The van der Waals surface area contributed by atoms with Crippen molar-refractivity contribution in [3.8, 4) is 0 Å². The molecule has 1 amide bonds. The highest BCUT2D eigenvalue weighted by atomic mass is 16.5. The van der Waals surface area contributed by atoms with E-state index in [9.17, 15) is 9.59 Å². The third kappa shape index (κ3) is 8.99. The second kappa shape index (κ2) is 7.68. The molecule has 0 spiro atoms. The molecule has 0 aliphatic carbocycles. The fraction of sp³-hybridized carbons (Fsp3) is 0.500. The first-order valence-corrected chi connectivity index (χ1v) is 5.17. The molecule has 0 aliphatic rings. The Morgan fingerprint density at radius 1 is 1.25 bits per heavy atom. The second-order valence-electron chi connectivity index (χ2n) is 3.88. The summed E-state index contributed by atoms with van der Waals surface area (Å²) in [6.07, 6.45) is 5.19. The number of ether oxygens (including phenoxy) is 1. The van der Waals surface area contributed by atoms with E-state index in [-0.39, 0.29) is 6.61 Å². The molecule has 0 aliphatic heterocycles. The predicted molar refractivity (Wildman–Crippen MR) is 62.6 cm³/mol. The first kappa shape index (κ1) is 14.4. The SMILES string of the molecule is CC(C)=CCCC(C)=CC(=O)OCC(N)=O. The quantitative estimate of drug-likeness (QED) is 0.425. The number of nitrogens with two attached hydrogens (primary N) is 1. The van der Waals surface area contributed by atoms with Crippen LogP contribution < -0.4 is 5.73 Å². The molecule has 16 heavy (non-hydrogen) atoms. The molecule has 90 valence electrons. The van der Waals surface area contributed by atoms with Crippen molar-refractivity contribution in [2.75, 3.05) is 6.61 Å². The Kier molecular flexibility index (Phi) is 6.92. The Morgan fingerprint density at radius 2 is 1.88 bits per heavy atom. The zero-order valence-corrected chi connectivity index (χ0v) is 10.1. The monoisotopic (exact) mass is 225 g/mol. The number of carbonyl (C=O) groups excluding carboxylic acids is 2. The molecule has 0 unspecified atom stereocenters. The lowest BCUT2D eigenvalue weighted by Crippen LogP contribution is -2.20. The van der Waals surface area contributed by atoms with Crippen LogP contribution in [0.3, 0.4) is 0 Å². The number of allylic oxidation sites excluding steroid dienone is 3. The summed E-state index contributed by atoms with van der Waals surface area (Å²) in [6.45, 7) is 5.54. The van der Waals surface area contributed by atoms with Crippen LogP contribution >= 0.6 is 0 Å². The molecule has 0 fully saturated rings. The van der Waals surface area contributed by atoms with E-state index in [1.54, 1.807) is 0 Å². The molecule has 0 rings (SSSR count). The topological polar surface area (TPSA) is 69.4 Å². The largest absolute Gasteiger partial charge is 0.452 e. The molecule has 0 radical (unpaired) electrons. The molecule has 0 saturated heterocycles. The minimum absolute atomic E-state index is 0.364. The number of hydrogen-bond acceptors (Lipinski definition) is 3. The van der Waals surface area contributed by atoms with E-state index < -0.39 is 11.9 Å². The summed E-state index contributed by atoms with van der Waals surface area (Å²) in [7, 11) is 0. The molecule has 4 nitrogen and oxygen atoms in total. The fourth-order valence-electron chi connectivity index (χ4n) is 1.05. The van der Waals surface area contributed by atoms with Gasteiger partial charge in [0, 0.05) is 6.08 Å². The maximum atomic E-state index is 11.1. The molecule has 0 aromatic rings. The van der Waals surface area contributed by atoms with E-state index in [0.717, 1.165) is 18.4 Å². The Bertz CT molecular complexity index is 312. The maximum Gasteiger partial charge on any atom is 0.331 e. The van der Waals surface area contributed by atoms with Gasteiger partial charge in [-0.3, -0.25) is 4.79 Å². The number of esters is 1. The van der Waals surface area contributed by atoms with Crippen LogP contribution in [0.15, 0.2) is 23.3 Å². The highest BCUT2D eigenvalue weighted by Gasteiger charge is 2.01. The van der Waals surface area contributed by atoms with Gasteiger partial charge in [0.05, 0.1) is 0 Å². The third-order valence-corrected chi connectivity index (χ3v) is 1.81. The zero-order chi connectivity index (χ0) is 12.6. The summed E-state index contributed by atoms with van der Waals surface area (Å²) in [5.74, 6) is -1.17. The predicted octanol–water partition coefficient (Wildman–Crippen LogP) is 1.71. The molecule has 4 heteroatoms. The van der Waals surface area contributed by atoms with E-state index in [1.165, 1.54) is 11.6 Å². The lowest BCUT2D eigenvalue weighted by atomic mass is 10.1. The number of carbonyl (C=O) groups is 2. The molecule has 0 heterocycles. The van der Waals surface area contributed by atoms with Crippen LogP contribution in [0.25, 0.3) is 0 Å². The minimum Gasteiger partial charge on any atom is -0.452 e. The number of primary amides is 1. The van der Waals surface area contributed by atoms with Gasteiger partial charge in [-0.1, -0.05) is 17.2 Å². The zero-order valence-electron chi connectivity index (χ0n) is 10.1. The first-order valence-electron chi connectivity index (χ1n) is 5.17. The summed E-state index contributed by atoms with van der Waals surface area (Å²) in [4.78, 5) is 21.5. The van der Waals surface area contributed by atoms with Gasteiger partial charge in [-0.15, -0.1) is 0 Å². The van der Waals surface area contributed by atoms with E-state index >= 15 is 0 Å². The van der Waals surface area contributed by atoms with Crippen molar-refractivity contribution < 1.29 is 14.3 Å². The van der Waals surface area contributed by atoms with Crippen LogP contribution in [-0.2, 0) is 14.3 Å². The number of rotatable bonds is 6. The van der Waals surface area contributed by atoms with Gasteiger partial charge in [-0.05, 0) is 33.6 Å². The van der Waals surface area contributed by atoms with Crippen molar-refractivity contribution in [3.63, 3.8) is 0 Å². The van der Waals surface area contributed by atoms with Gasteiger partial charge < -0.3 is 10.5 Å². The van der Waals surface area contributed by atoms with Gasteiger partial charge >= 0.3 is 5.97 Å². The summed E-state index contributed by atoms with van der Waals surface area (Å²) in [6, 6.07) is 0. The summed E-state index contributed by atoms with van der Waals surface area (Å²) >= 11 is 0. The fourth-order valence-corrected chi connectivity index (χ4v) is 1.05. The second-order valence-corrected chi connectivity index (χ2v) is 3.88. The molecule has 2 N–H and O–H groups in total. The number of amides is 1. The Morgan fingerprint density at radius 3 is 2.38 bits per heavy atom. The van der Waals surface area contributed by atoms with Crippen molar-refractivity contribution in [2.45, 2.75) is 33.6 Å². The van der Waals surface area contributed by atoms with Gasteiger partial charge in [0.2, 0.25) is 0 Å². The highest BCUT2D eigenvalue weighted by molar-refractivity contribution is 5.85. The molecule has 0 saturated carbocycles. The van der Waals surface area contributed by atoms with Crippen molar-refractivity contribution in [3.05, 3.63) is 23.3 Å². The summed E-state index contributed by atoms with van der Waals surface area (Å²) in [5.41, 5.74) is 7.02. The van der Waals surface area contributed by atoms with Gasteiger partial charge in [-0.2, -0.15) is 0 Å². The van der Waals surface area contributed by atoms with E-state index in [1.807, 2.05) is 20.8 Å². The van der Waals surface area contributed by atoms with Crippen molar-refractivity contribution in [2.24, 2.45) is 5.73 Å². The van der Waals surface area contributed by atoms with E-state index in [0.29, 0.717) is 0 Å². The summed E-state index contributed by atoms with van der Waals surface area (Å²) in [5, 5.41) is 0. The third-order valence-electron chi connectivity index (χ3n) is 1.81.